The van der Waals surface area contributed by atoms with Crippen molar-refractivity contribution in [2.24, 2.45) is 11.7 Å². The summed E-state index contributed by atoms with van der Waals surface area (Å²) in [6, 6.07) is 7.21. The van der Waals surface area contributed by atoms with Crippen molar-refractivity contribution < 1.29 is 19.4 Å². The van der Waals surface area contributed by atoms with E-state index in [1.54, 1.807) is 17.4 Å². The third-order valence-corrected chi connectivity index (χ3v) is 6.23. The second-order valence-electron chi connectivity index (χ2n) is 10.2. The molecule has 0 spiro atoms. The number of H-pyrrole nitrogens is 1. The van der Waals surface area contributed by atoms with E-state index in [0.717, 1.165) is 31.2 Å². The van der Waals surface area contributed by atoms with Gasteiger partial charge >= 0.3 is 0 Å². The molecule has 200 valence electrons. The van der Waals surface area contributed by atoms with Gasteiger partial charge in [-0.2, -0.15) is 0 Å². The summed E-state index contributed by atoms with van der Waals surface area (Å²) in [7, 11) is 0. The summed E-state index contributed by atoms with van der Waals surface area (Å²) in [5, 5.41) is 14.0. The van der Waals surface area contributed by atoms with Crippen LogP contribution in [-0.4, -0.2) is 83.0 Å². The second-order valence-corrected chi connectivity index (χ2v) is 10.2. The van der Waals surface area contributed by atoms with Gasteiger partial charge in [0.1, 0.15) is 18.5 Å². The average Bonchev–Trinajstić information content (AvgIpc) is 3.54. The number of benzene rings is 1. The van der Waals surface area contributed by atoms with Crippen molar-refractivity contribution in [3.63, 3.8) is 0 Å². The molecular formula is C27H43N5O4. The number of aromatic nitrogens is 2. The normalized spacial score (nSPS) is 16.1. The van der Waals surface area contributed by atoms with Gasteiger partial charge in [0.15, 0.2) is 0 Å². The number of ether oxygens (including phenoxy) is 2. The number of nitrogens with one attached hydrogen (secondary N) is 2. The zero-order chi connectivity index (χ0) is 25.9. The van der Waals surface area contributed by atoms with Crippen molar-refractivity contribution in [2.45, 2.75) is 70.7 Å². The minimum atomic E-state index is -0.826. The maximum absolute atomic E-state index is 13.4. The molecule has 0 aliphatic heterocycles. The number of imidazole rings is 1. The Morgan fingerprint density at radius 2 is 2.03 bits per heavy atom. The monoisotopic (exact) mass is 501 g/mol. The summed E-state index contributed by atoms with van der Waals surface area (Å²) < 4.78 is 11.5. The highest BCUT2D eigenvalue weighted by Gasteiger charge is 2.28. The molecule has 36 heavy (non-hydrogen) atoms. The van der Waals surface area contributed by atoms with Crippen LogP contribution < -0.4 is 15.8 Å². The van der Waals surface area contributed by atoms with Crippen molar-refractivity contribution in [3.05, 3.63) is 48.0 Å². The molecule has 1 saturated carbocycles. The highest BCUT2D eigenvalue weighted by Crippen LogP contribution is 2.28. The van der Waals surface area contributed by atoms with Crippen LogP contribution in [0.5, 0.6) is 5.75 Å². The lowest BCUT2D eigenvalue weighted by Gasteiger charge is -2.33. The molecule has 9 heteroatoms. The third-order valence-electron chi connectivity index (χ3n) is 6.23. The number of amides is 1. The summed E-state index contributed by atoms with van der Waals surface area (Å²) in [4.78, 5) is 22.2. The van der Waals surface area contributed by atoms with Crippen molar-refractivity contribution in [3.8, 4) is 5.75 Å². The quantitative estimate of drug-likeness (QED) is 0.244. The van der Waals surface area contributed by atoms with E-state index < -0.39 is 12.1 Å². The maximum Gasteiger partial charge on any atom is 0.240 e. The molecule has 9 nitrogen and oxygen atoms in total. The lowest BCUT2D eigenvalue weighted by atomic mass is 10.1. The van der Waals surface area contributed by atoms with Gasteiger partial charge in [0.05, 0.1) is 25.5 Å². The van der Waals surface area contributed by atoms with Crippen LogP contribution >= 0.6 is 0 Å². The predicted molar refractivity (Wildman–Crippen MR) is 140 cm³/mol. The van der Waals surface area contributed by atoms with Crippen LogP contribution in [0.1, 0.15) is 44.9 Å². The van der Waals surface area contributed by atoms with E-state index in [1.165, 1.54) is 18.4 Å². The zero-order valence-electron chi connectivity index (χ0n) is 21.9. The third kappa shape index (κ3) is 9.89. The first kappa shape index (κ1) is 28.1. The molecule has 3 unspecified atom stereocenters. The molecule has 1 heterocycles. The van der Waals surface area contributed by atoms with Crippen LogP contribution in [-0.2, 0) is 22.4 Å². The number of rotatable bonds is 17. The first-order valence-electron chi connectivity index (χ1n) is 13.1. The number of hydrogen-bond acceptors (Lipinski definition) is 7. The Labute approximate surface area is 214 Å². The Balaban J connectivity index is 1.48. The van der Waals surface area contributed by atoms with Gasteiger partial charge in [-0.1, -0.05) is 12.1 Å². The molecule has 1 aromatic heterocycles. The number of hydrogen-bond donors (Lipinski definition) is 4. The number of carbonyl (C=O) groups is 1. The van der Waals surface area contributed by atoms with Gasteiger partial charge in [-0.3, -0.25) is 4.79 Å². The van der Waals surface area contributed by atoms with Crippen LogP contribution in [0.3, 0.4) is 0 Å². The first-order valence-corrected chi connectivity index (χ1v) is 13.1. The van der Waals surface area contributed by atoms with E-state index in [2.05, 4.69) is 15.3 Å². The molecule has 0 bridgehead atoms. The van der Waals surface area contributed by atoms with Gasteiger partial charge < -0.3 is 35.5 Å². The second kappa shape index (κ2) is 14.3. The van der Waals surface area contributed by atoms with E-state index >= 15 is 0 Å². The molecule has 5 N–H and O–H groups in total. The number of nitrogens with zero attached hydrogens (tertiary/aromatic N) is 2. The molecule has 0 radical (unpaired) electrons. The van der Waals surface area contributed by atoms with Crippen LogP contribution in [0, 0.1) is 5.92 Å². The highest BCUT2D eigenvalue weighted by molar-refractivity contribution is 5.82. The number of carbonyl (C=O) groups excluding carboxylic acids is 1. The first-order chi connectivity index (χ1) is 17.3. The van der Waals surface area contributed by atoms with Gasteiger partial charge in [-0.05, 0) is 63.6 Å². The van der Waals surface area contributed by atoms with E-state index in [4.69, 9.17) is 15.2 Å². The smallest absolute Gasteiger partial charge is 0.240 e. The summed E-state index contributed by atoms with van der Waals surface area (Å²) in [6.45, 7) is 8.15. The van der Waals surface area contributed by atoms with Crippen LogP contribution in [0.4, 0.5) is 0 Å². The lowest BCUT2D eigenvalue weighted by Crippen LogP contribution is -2.54. The Kier molecular flexibility index (Phi) is 11.2. The molecule has 1 amide bonds. The summed E-state index contributed by atoms with van der Waals surface area (Å²) in [5.74, 6) is 1.38. The Bertz CT molecular complexity index is 884. The SMILES string of the molecule is CC(N)CNC(Cc1cnc[nH]1)C(=O)N(CC(O)COc1ccc(CCOCC2CC2)cc1)C(C)C. The van der Waals surface area contributed by atoms with Crippen molar-refractivity contribution in [1.29, 1.82) is 0 Å². The summed E-state index contributed by atoms with van der Waals surface area (Å²) in [5.41, 5.74) is 7.96. The van der Waals surface area contributed by atoms with E-state index in [-0.39, 0.29) is 31.1 Å². The molecule has 1 aliphatic carbocycles. The van der Waals surface area contributed by atoms with Crippen LogP contribution in [0.15, 0.2) is 36.8 Å². The fourth-order valence-corrected chi connectivity index (χ4v) is 3.90. The van der Waals surface area contributed by atoms with Crippen LogP contribution in [0.25, 0.3) is 0 Å². The lowest BCUT2D eigenvalue weighted by molar-refractivity contribution is -0.137. The van der Waals surface area contributed by atoms with Crippen molar-refractivity contribution >= 4 is 5.91 Å². The van der Waals surface area contributed by atoms with Crippen LogP contribution in [0.2, 0.25) is 0 Å². The molecule has 1 fully saturated rings. The largest absolute Gasteiger partial charge is 0.491 e. The molecule has 1 aromatic carbocycles. The molecule has 3 rings (SSSR count). The Morgan fingerprint density at radius 3 is 2.64 bits per heavy atom. The van der Waals surface area contributed by atoms with E-state index in [1.807, 2.05) is 45.0 Å². The number of aliphatic hydroxyl groups is 1. The van der Waals surface area contributed by atoms with Gasteiger partial charge in [-0.15, -0.1) is 0 Å². The Hall–Kier alpha value is -2.46. The van der Waals surface area contributed by atoms with Gasteiger partial charge in [-0.25, -0.2) is 4.98 Å². The van der Waals surface area contributed by atoms with Crippen molar-refractivity contribution in [2.75, 3.05) is 32.9 Å². The van der Waals surface area contributed by atoms with E-state index in [0.29, 0.717) is 18.7 Å². The fourth-order valence-electron chi connectivity index (χ4n) is 3.90. The highest BCUT2D eigenvalue weighted by atomic mass is 16.5. The summed E-state index contributed by atoms with van der Waals surface area (Å²) >= 11 is 0. The van der Waals surface area contributed by atoms with Gasteiger partial charge in [0.2, 0.25) is 5.91 Å². The average molecular weight is 502 g/mol. The minimum absolute atomic E-state index is 0.0878. The minimum Gasteiger partial charge on any atom is -0.491 e. The Morgan fingerprint density at radius 1 is 1.28 bits per heavy atom. The molecule has 0 saturated heterocycles. The number of aliphatic hydroxyl groups excluding tert-OH is 1. The summed E-state index contributed by atoms with van der Waals surface area (Å²) in [6.07, 6.45) is 6.42. The zero-order valence-corrected chi connectivity index (χ0v) is 21.9. The maximum atomic E-state index is 13.4. The number of aromatic amines is 1. The van der Waals surface area contributed by atoms with Gasteiger partial charge in [0.25, 0.3) is 0 Å². The molecule has 2 aromatic rings. The molecular weight excluding hydrogens is 458 g/mol. The van der Waals surface area contributed by atoms with E-state index in [9.17, 15) is 9.90 Å². The predicted octanol–water partition coefficient (Wildman–Crippen LogP) is 1.90. The fraction of sp³-hybridized carbons (Fsp3) is 0.630. The standard InChI is InChI=1S/C27H43N5O4/c1-19(2)32(27(34)26(30-13-20(3)28)12-23-14-29-18-31-23)15-24(33)17-36-25-8-6-21(7-9-25)10-11-35-16-22-4-5-22/h6-9,14,18-20,22,24,26,30,33H,4-5,10-13,15-17,28H2,1-3H3,(H,29,31). The topological polar surface area (TPSA) is 126 Å². The molecule has 1 aliphatic rings. The van der Waals surface area contributed by atoms with Gasteiger partial charge in [0, 0.05) is 43.5 Å². The number of nitrogens with two attached hydrogens (primary N) is 1. The van der Waals surface area contributed by atoms with Crippen molar-refractivity contribution in [1.82, 2.24) is 20.2 Å². The molecule has 3 atom stereocenters.